The molecule has 13 heteroatoms. The van der Waals surface area contributed by atoms with Gasteiger partial charge in [0.05, 0.1) is 19.1 Å². The van der Waals surface area contributed by atoms with Gasteiger partial charge in [-0.3, -0.25) is 24.2 Å². The topological polar surface area (TPSA) is 168 Å². The number of amides is 1. The first kappa shape index (κ1) is 24.2. The van der Waals surface area contributed by atoms with Crippen molar-refractivity contribution in [2.45, 2.75) is 64.7 Å². The fraction of sp³-hybridized carbons (Fsp3) is 0.667. The summed E-state index contributed by atoms with van der Waals surface area (Å²) in [6.45, 7) is 5.58. The molecule has 1 aliphatic heterocycles. The zero-order chi connectivity index (χ0) is 23.3. The second-order valence-electron chi connectivity index (χ2n) is 6.87. The molecule has 1 fully saturated rings. The van der Waals surface area contributed by atoms with Crippen molar-refractivity contribution >= 4 is 17.8 Å². The van der Waals surface area contributed by atoms with Crippen molar-refractivity contribution in [1.29, 1.82) is 0 Å². The molecule has 0 radical (unpaired) electrons. The van der Waals surface area contributed by atoms with Crippen molar-refractivity contribution in [2.75, 3.05) is 13.7 Å². The first-order chi connectivity index (χ1) is 14.6. The fourth-order valence-electron chi connectivity index (χ4n) is 3.35. The van der Waals surface area contributed by atoms with E-state index in [1.54, 1.807) is 6.92 Å². The van der Waals surface area contributed by atoms with Gasteiger partial charge in [0.1, 0.15) is 17.9 Å². The number of rotatable bonds is 8. The van der Waals surface area contributed by atoms with Crippen LogP contribution in [0.3, 0.4) is 0 Å². The summed E-state index contributed by atoms with van der Waals surface area (Å²) in [4.78, 5) is 61.7. The molecule has 0 saturated carbocycles. The molecule has 31 heavy (non-hydrogen) atoms. The predicted molar refractivity (Wildman–Crippen MR) is 103 cm³/mol. The lowest BCUT2D eigenvalue weighted by Crippen LogP contribution is -2.50. The molecule has 5 atom stereocenters. The van der Waals surface area contributed by atoms with Crippen LogP contribution in [0, 0.1) is 6.92 Å². The van der Waals surface area contributed by atoms with Crippen LogP contribution in [0.1, 0.15) is 39.1 Å². The van der Waals surface area contributed by atoms with Gasteiger partial charge in [-0.25, -0.2) is 4.79 Å². The molecule has 0 bridgehead atoms. The average Bonchev–Trinajstić information content (AvgIpc) is 3.01. The van der Waals surface area contributed by atoms with Crippen LogP contribution in [0.2, 0.25) is 0 Å². The second-order valence-corrected chi connectivity index (χ2v) is 6.87. The van der Waals surface area contributed by atoms with Gasteiger partial charge in [0.2, 0.25) is 5.91 Å². The fourth-order valence-corrected chi connectivity index (χ4v) is 3.35. The number of H-pyrrole nitrogens is 1. The van der Waals surface area contributed by atoms with E-state index in [4.69, 9.17) is 18.9 Å². The van der Waals surface area contributed by atoms with E-state index in [1.165, 1.54) is 21.0 Å². The second kappa shape index (κ2) is 10.3. The molecular weight excluding hydrogens is 416 g/mol. The van der Waals surface area contributed by atoms with E-state index < -0.39 is 59.7 Å². The molecule has 2 rings (SSSR count). The average molecular weight is 442 g/mol. The van der Waals surface area contributed by atoms with Crippen LogP contribution in [-0.2, 0) is 33.3 Å². The molecule has 1 aliphatic rings. The normalized spacial score (nSPS) is 23.8. The number of carbonyl (C=O) groups excluding carboxylic acids is 3. The Hall–Kier alpha value is -3.06. The maximum Gasteiger partial charge on any atom is 0.347 e. The van der Waals surface area contributed by atoms with Crippen LogP contribution in [0.25, 0.3) is 0 Å². The first-order valence-corrected chi connectivity index (χ1v) is 9.56. The number of aryl methyl sites for hydroxylation is 1. The van der Waals surface area contributed by atoms with Crippen molar-refractivity contribution in [1.82, 2.24) is 20.1 Å². The number of hydrogen-bond acceptors (Lipinski definition) is 10. The van der Waals surface area contributed by atoms with Gasteiger partial charge in [0, 0.05) is 21.0 Å². The summed E-state index contributed by atoms with van der Waals surface area (Å²) >= 11 is 0. The molecule has 0 aliphatic carbocycles. The van der Waals surface area contributed by atoms with Gasteiger partial charge in [-0.05, 0) is 13.8 Å². The van der Waals surface area contributed by atoms with Crippen LogP contribution < -0.4 is 16.6 Å². The third-order valence-electron chi connectivity index (χ3n) is 4.53. The van der Waals surface area contributed by atoms with E-state index in [-0.39, 0.29) is 18.7 Å². The van der Waals surface area contributed by atoms with Crippen LogP contribution in [0.4, 0.5) is 0 Å². The van der Waals surface area contributed by atoms with Crippen LogP contribution in [0.15, 0.2) is 9.59 Å². The molecular formula is C18H26N4O9. The van der Waals surface area contributed by atoms with Crippen molar-refractivity contribution in [3.05, 3.63) is 26.5 Å². The number of nitrogens with one attached hydrogen (secondary N) is 2. The van der Waals surface area contributed by atoms with E-state index in [2.05, 4.69) is 15.4 Å². The van der Waals surface area contributed by atoms with E-state index in [9.17, 15) is 24.0 Å². The van der Waals surface area contributed by atoms with E-state index in [1.807, 2.05) is 0 Å². The first-order valence-electron chi connectivity index (χ1n) is 9.56. The van der Waals surface area contributed by atoms with Crippen LogP contribution in [0.5, 0.6) is 0 Å². The number of carbonyl (C=O) groups is 3. The highest BCUT2D eigenvalue weighted by molar-refractivity contribution is 5.75. The van der Waals surface area contributed by atoms with Crippen molar-refractivity contribution in [3.8, 4) is 0 Å². The smallest absolute Gasteiger partial charge is 0.347 e. The van der Waals surface area contributed by atoms with Gasteiger partial charge >= 0.3 is 17.6 Å². The van der Waals surface area contributed by atoms with E-state index in [0.29, 0.717) is 0 Å². The predicted octanol–water partition coefficient (Wildman–Crippen LogP) is -1.46. The van der Waals surface area contributed by atoms with Gasteiger partial charge in [-0.15, -0.1) is 0 Å². The summed E-state index contributed by atoms with van der Waals surface area (Å²) < 4.78 is 22.5. The zero-order valence-electron chi connectivity index (χ0n) is 17.9. The van der Waals surface area contributed by atoms with Gasteiger partial charge in [-0.2, -0.15) is 9.78 Å². The third-order valence-corrected chi connectivity index (χ3v) is 4.53. The number of methoxy groups -OCH3 is 1. The van der Waals surface area contributed by atoms with Gasteiger partial charge < -0.3 is 24.3 Å². The van der Waals surface area contributed by atoms with Crippen LogP contribution in [-0.4, -0.2) is 70.7 Å². The molecule has 1 aromatic rings. The van der Waals surface area contributed by atoms with Crippen molar-refractivity contribution in [2.24, 2.45) is 0 Å². The minimum Gasteiger partial charge on any atom is -0.466 e. The quantitative estimate of drug-likeness (QED) is 0.454. The van der Waals surface area contributed by atoms with E-state index in [0.717, 1.165) is 11.6 Å². The standard InChI is InChI=1S/C18H26N4O9/c1-6-29-12(25)7-11(19-9(3)23)13-14(28-5)15(30-10(4)24)17(31-13)22-18(27)20-16(26)8(2)21-22/h11,13-15,17H,6-7H2,1-5H3,(H,19,23)(H,20,26,27)/t11?,13?,14-,15+,17-/m0/s1. The lowest BCUT2D eigenvalue weighted by atomic mass is 10.00. The molecule has 172 valence electrons. The van der Waals surface area contributed by atoms with E-state index >= 15 is 0 Å². The molecule has 0 spiro atoms. The molecule has 1 amide bonds. The monoisotopic (exact) mass is 442 g/mol. The molecule has 2 N–H and O–H groups in total. The number of hydrogen-bond donors (Lipinski definition) is 2. The number of nitrogens with zero attached hydrogens (tertiary/aromatic N) is 2. The number of esters is 2. The van der Waals surface area contributed by atoms with Crippen LogP contribution >= 0.6 is 0 Å². The Morgan fingerprint density at radius 3 is 2.48 bits per heavy atom. The Balaban J connectivity index is 2.50. The minimum atomic E-state index is -1.29. The summed E-state index contributed by atoms with van der Waals surface area (Å²) in [5.41, 5.74) is -1.59. The van der Waals surface area contributed by atoms with Gasteiger partial charge in [-0.1, -0.05) is 0 Å². The molecule has 2 unspecified atom stereocenters. The van der Waals surface area contributed by atoms with Gasteiger partial charge in [0.15, 0.2) is 12.3 Å². The summed E-state index contributed by atoms with van der Waals surface area (Å²) in [5, 5.41) is 6.54. The summed E-state index contributed by atoms with van der Waals surface area (Å²) in [6, 6.07) is -0.927. The maximum atomic E-state index is 12.4. The Kier molecular flexibility index (Phi) is 8.05. The highest BCUT2D eigenvalue weighted by Gasteiger charge is 2.52. The largest absolute Gasteiger partial charge is 0.466 e. The lowest BCUT2D eigenvalue weighted by Gasteiger charge is -2.27. The summed E-state index contributed by atoms with van der Waals surface area (Å²) in [5.74, 6) is -1.73. The Labute approximate surface area is 177 Å². The minimum absolute atomic E-state index is 0.0212. The van der Waals surface area contributed by atoms with Crippen molar-refractivity contribution < 1.29 is 33.3 Å². The van der Waals surface area contributed by atoms with Crippen molar-refractivity contribution in [3.63, 3.8) is 0 Å². The highest BCUT2D eigenvalue weighted by atomic mass is 16.6. The zero-order valence-corrected chi connectivity index (χ0v) is 17.9. The molecule has 13 nitrogen and oxygen atoms in total. The maximum absolute atomic E-state index is 12.4. The number of aromatic amines is 1. The summed E-state index contributed by atoms with van der Waals surface area (Å²) in [6.07, 6.45) is -4.72. The molecule has 1 saturated heterocycles. The molecule has 0 aromatic carbocycles. The lowest BCUT2D eigenvalue weighted by molar-refractivity contribution is -0.157. The molecule has 2 heterocycles. The Bertz CT molecular complexity index is 941. The highest BCUT2D eigenvalue weighted by Crippen LogP contribution is 2.34. The molecule has 1 aromatic heterocycles. The number of ether oxygens (including phenoxy) is 4. The Morgan fingerprint density at radius 1 is 1.26 bits per heavy atom. The van der Waals surface area contributed by atoms with Gasteiger partial charge in [0.25, 0.3) is 5.56 Å². The Morgan fingerprint density at radius 2 is 1.94 bits per heavy atom. The SMILES string of the molecule is CCOC(=O)CC(NC(C)=O)C1O[C@H](n2nc(C)c(=O)[nH]c2=O)[C@H](OC(C)=O)[C@H]1OC. The third kappa shape index (κ3) is 5.76. The summed E-state index contributed by atoms with van der Waals surface area (Å²) in [7, 11) is 1.32. The number of aromatic nitrogens is 3.